The lowest BCUT2D eigenvalue weighted by Crippen LogP contribution is -2.37. The quantitative estimate of drug-likeness (QED) is 0.779. The van der Waals surface area contributed by atoms with Crippen molar-refractivity contribution in [2.75, 3.05) is 7.05 Å². The number of likely N-dealkylation sites (N-methyl/N-ethyl adjacent to an activating group) is 1. The number of carbonyl (C=O) groups is 1. The average Bonchev–Trinajstić information content (AvgIpc) is 2.62. The van der Waals surface area contributed by atoms with Gasteiger partial charge in [0, 0.05) is 18.6 Å². The van der Waals surface area contributed by atoms with Crippen molar-refractivity contribution >= 4 is 17.5 Å². The molecule has 1 amide bonds. The lowest BCUT2D eigenvalue weighted by molar-refractivity contribution is -0.137. The Kier molecular flexibility index (Phi) is 5.64. The van der Waals surface area contributed by atoms with Gasteiger partial charge in [0.05, 0.1) is 0 Å². The molecule has 2 aromatic rings. The van der Waals surface area contributed by atoms with Crippen molar-refractivity contribution in [1.29, 1.82) is 0 Å². The molecule has 0 spiro atoms. The maximum Gasteiger partial charge on any atom is 0.263 e. The largest absolute Gasteiger partial charge is 0.481 e. The summed E-state index contributed by atoms with van der Waals surface area (Å²) < 4.78 is 5.91. The molecule has 3 rings (SSSR count). The van der Waals surface area contributed by atoms with Gasteiger partial charge in [0.25, 0.3) is 5.91 Å². The third kappa shape index (κ3) is 4.55. The molecule has 0 unspecified atom stereocenters. The monoisotopic (exact) mass is 357 g/mol. The van der Waals surface area contributed by atoms with Crippen molar-refractivity contribution in [3.8, 4) is 5.75 Å². The Hall–Kier alpha value is -2.00. The van der Waals surface area contributed by atoms with Gasteiger partial charge in [0.15, 0.2) is 6.10 Å². The lowest BCUT2D eigenvalue weighted by atomic mass is 9.92. The molecule has 0 bridgehead atoms. The summed E-state index contributed by atoms with van der Waals surface area (Å²) >= 11 is 5.90. The Balaban J connectivity index is 1.60. The molecule has 2 aromatic carbocycles. The van der Waals surface area contributed by atoms with E-state index in [1.165, 1.54) is 24.0 Å². The Bertz CT molecular complexity index is 742. The number of nitrogens with zero attached hydrogens (tertiary/aromatic N) is 1. The molecule has 0 fully saturated rings. The zero-order valence-electron chi connectivity index (χ0n) is 14.8. The summed E-state index contributed by atoms with van der Waals surface area (Å²) in [5.74, 6) is 0.745. The molecule has 1 atom stereocenters. The summed E-state index contributed by atoms with van der Waals surface area (Å²) in [7, 11) is 1.80. The molecule has 25 heavy (non-hydrogen) atoms. The maximum absolute atomic E-state index is 12.6. The molecule has 0 aromatic heterocycles. The predicted octanol–water partition coefficient (Wildman–Crippen LogP) is 4.64. The van der Waals surface area contributed by atoms with Crippen LogP contribution in [0.4, 0.5) is 0 Å². The molecule has 0 saturated carbocycles. The Morgan fingerprint density at radius 1 is 1.12 bits per heavy atom. The molecule has 1 aliphatic carbocycles. The molecule has 0 saturated heterocycles. The molecule has 0 radical (unpaired) electrons. The van der Waals surface area contributed by atoms with Crippen LogP contribution < -0.4 is 4.74 Å². The third-order valence-electron chi connectivity index (χ3n) is 4.69. The van der Waals surface area contributed by atoms with E-state index in [0.29, 0.717) is 11.6 Å². The van der Waals surface area contributed by atoms with Gasteiger partial charge in [-0.05, 0) is 73.6 Å². The predicted molar refractivity (Wildman–Crippen MR) is 101 cm³/mol. The van der Waals surface area contributed by atoms with E-state index < -0.39 is 6.10 Å². The molecule has 0 N–H and O–H groups in total. The second kappa shape index (κ2) is 7.92. The fourth-order valence-electron chi connectivity index (χ4n) is 3.29. The summed E-state index contributed by atoms with van der Waals surface area (Å²) in [6.45, 7) is 2.34. The fraction of sp³-hybridized carbons (Fsp3) is 0.381. The van der Waals surface area contributed by atoms with Gasteiger partial charge < -0.3 is 9.64 Å². The van der Waals surface area contributed by atoms with Gasteiger partial charge in [-0.15, -0.1) is 0 Å². The van der Waals surface area contributed by atoms with Crippen LogP contribution in [0.5, 0.6) is 5.75 Å². The van der Waals surface area contributed by atoms with E-state index in [1.807, 2.05) is 30.3 Å². The van der Waals surface area contributed by atoms with E-state index in [1.54, 1.807) is 18.9 Å². The molecule has 132 valence electrons. The zero-order chi connectivity index (χ0) is 17.8. The molecule has 0 aliphatic heterocycles. The number of halogens is 1. The highest BCUT2D eigenvalue weighted by atomic mass is 35.5. The first-order valence-corrected chi connectivity index (χ1v) is 9.18. The van der Waals surface area contributed by atoms with Crippen LogP contribution in [-0.2, 0) is 24.2 Å². The first kappa shape index (κ1) is 17.8. The molecule has 3 nitrogen and oxygen atoms in total. The van der Waals surface area contributed by atoms with E-state index >= 15 is 0 Å². The van der Waals surface area contributed by atoms with E-state index in [0.717, 1.165) is 24.2 Å². The number of carbonyl (C=O) groups excluding carboxylic acids is 1. The summed E-state index contributed by atoms with van der Waals surface area (Å²) in [4.78, 5) is 14.3. The first-order valence-electron chi connectivity index (χ1n) is 8.81. The standard InChI is InChI=1S/C21H24ClNO2/c1-15(21(24)23(2)14-16-7-10-19(22)11-8-16)25-20-12-9-17-5-3-4-6-18(17)13-20/h7-13,15H,3-6,14H2,1-2H3/t15-/m0/s1. The molecule has 0 heterocycles. The third-order valence-corrected chi connectivity index (χ3v) is 4.94. The Morgan fingerprint density at radius 3 is 2.52 bits per heavy atom. The van der Waals surface area contributed by atoms with Crippen molar-refractivity contribution in [3.05, 3.63) is 64.2 Å². The van der Waals surface area contributed by atoms with Crippen LogP contribution in [0.2, 0.25) is 5.02 Å². The highest BCUT2D eigenvalue weighted by Crippen LogP contribution is 2.26. The second-order valence-corrected chi connectivity index (χ2v) is 7.15. The summed E-state index contributed by atoms with van der Waals surface area (Å²) in [6.07, 6.45) is 4.23. The van der Waals surface area contributed by atoms with Crippen molar-refractivity contribution in [1.82, 2.24) is 4.90 Å². The van der Waals surface area contributed by atoms with Gasteiger partial charge in [-0.2, -0.15) is 0 Å². The van der Waals surface area contributed by atoms with Crippen LogP contribution in [0.25, 0.3) is 0 Å². The highest BCUT2D eigenvalue weighted by molar-refractivity contribution is 6.30. The van der Waals surface area contributed by atoms with Crippen LogP contribution >= 0.6 is 11.6 Å². The van der Waals surface area contributed by atoms with Crippen LogP contribution in [0.15, 0.2) is 42.5 Å². The van der Waals surface area contributed by atoms with Crippen LogP contribution in [0.1, 0.15) is 36.5 Å². The molecule has 1 aliphatic rings. The van der Waals surface area contributed by atoms with Gasteiger partial charge >= 0.3 is 0 Å². The number of amides is 1. The van der Waals surface area contributed by atoms with Crippen LogP contribution in [-0.4, -0.2) is 24.0 Å². The van der Waals surface area contributed by atoms with Crippen molar-refractivity contribution in [2.24, 2.45) is 0 Å². The number of aryl methyl sites for hydroxylation is 2. The molecule has 4 heteroatoms. The smallest absolute Gasteiger partial charge is 0.263 e. The van der Waals surface area contributed by atoms with Crippen molar-refractivity contribution < 1.29 is 9.53 Å². The van der Waals surface area contributed by atoms with Crippen molar-refractivity contribution in [2.45, 2.75) is 45.3 Å². The minimum Gasteiger partial charge on any atom is -0.481 e. The van der Waals surface area contributed by atoms with E-state index in [2.05, 4.69) is 12.1 Å². The SMILES string of the molecule is C[C@H](Oc1ccc2c(c1)CCCC2)C(=O)N(C)Cc1ccc(Cl)cc1. The Labute approximate surface area is 154 Å². The Morgan fingerprint density at radius 2 is 1.80 bits per heavy atom. The zero-order valence-corrected chi connectivity index (χ0v) is 15.6. The van der Waals surface area contributed by atoms with Gasteiger partial charge in [-0.1, -0.05) is 29.8 Å². The second-order valence-electron chi connectivity index (χ2n) is 6.72. The first-order chi connectivity index (χ1) is 12.0. The van der Waals surface area contributed by atoms with Gasteiger partial charge in [0.2, 0.25) is 0 Å². The van der Waals surface area contributed by atoms with Crippen LogP contribution in [0, 0.1) is 0 Å². The fourth-order valence-corrected chi connectivity index (χ4v) is 3.42. The number of fused-ring (bicyclic) bond motifs is 1. The van der Waals surface area contributed by atoms with E-state index in [4.69, 9.17) is 16.3 Å². The maximum atomic E-state index is 12.6. The minimum absolute atomic E-state index is 0.0346. The molecular formula is C21H24ClNO2. The number of ether oxygens (including phenoxy) is 1. The number of benzene rings is 2. The topological polar surface area (TPSA) is 29.5 Å². The normalized spacial score (nSPS) is 14.5. The molecular weight excluding hydrogens is 334 g/mol. The average molecular weight is 358 g/mol. The summed E-state index contributed by atoms with van der Waals surface area (Å²) in [5.41, 5.74) is 3.82. The van der Waals surface area contributed by atoms with Gasteiger partial charge in [-0.3, -0.25) is 4.79 Å². The van der Waals surface area contributed by atoms with Crippen molar-refractivity contribution in [3.63, 3.8) is 0 Å². The number of hydrogen-bond donors (Lipinski definition) is 0. The summed E-state index contributed by atoms with van der Waals surface area (Å²) in [5, 5.41) is 0.696. The number of hydrogen-bond acceptors (Lipinski definition) is 2. The highest BCUT2D eigenvalue weighted by Gasteiger charge is 2.20. The van der Waals surface area contributed by atoms with E-state index in [9.17, 15) is 4.79 Å². The minimum atomic E-state index is -0.515. The van der Waals surface area contributed by atoms with Gasteiger partial charge in [-0.25, -0.2) is 0 Å². The van der Waals surface area contributed by atoms with E-state index in [-0.39, 0.29) is 5.91 Å². The number of rotatable bonds is 5. The van der Waals surface area contributed by atoms with Crippen LogP contribution in [0.3, 0.4) is 0 Å². The lowest BCUT2D eigenvalue weighted by Gasteiger charge is -2.23. The summed E-state index contributed by atoms with van der Waals surface area (Å²) in [6, 6.07) is 13.7. The van der Waals surface area contributed by atoms with Gasteiger partial charge in [0.1, 0.15) is 5.75 Å².